The van der Waals surface area contributed by atoms with Crippen molar-refractivity contribution in [3.8, 4) is 11.5 Å². The number of hydrogen-bond donors (Lipinski definition) is 3. The number of unbranched alkanes of at least 4 members (excludes halogenated alkanes) is 6. The number of nitrogen functional groups attached to an aromatic ring is 3. The number of anilines is 3. The Bertz CT molecular complexity index is 727. The van der Waals surface area contributed by atoms with Gasteiger partial charge in [-0.1, -0.05) is 52.4 Å². The fourth-order valence-electron chi connectivity index (χ4n) is 3.26. The molecule has 0 atom stereocenters. The zero-order valence-corrected chi connectivity index (χ0v) is 18.5. The molecule has 0 fully saturated rings. The molecule has 0 aliphatic carbocycles. The molecule has 0 aliphatic rings. The third-order valence-corrected chi connectivity index (χ3v) is 4.94. The van der Waals surface area contributed by atoms with Crippen LogP contribution in [0, 0.1) is 0 Å². The molecule has 7 heteroatoms. The van der Waals surface area contributed by atoms with E-state index in [2.05, 4.69) is 23.8 Å². The van der Waals surface area contributed by atoms with Gasteiger partial charge in [-0.05, 0) is 30.5 Å². The van der Waals surface area contributed by atoms with E-state index in [1.807, 2.05) is 18.2 Å². The van der Waals surface area contributed by atoms with Gasteiger partial charge in [0.2, 0.25) is 5.95 Å². The fraction of sp³-hybridized carbons (Fsp3) is 0.565. The zero-order chi connectivity index (χ0) is 21.8. The number of ether oxygens (including phenoxy) is 2. The van der Waals surface area contributed by atoms with Gasteiger partial charge < -0.3 is 26.7 Å². The third kappa shape index (κ3) is 7.97. The van der Waals surface area contributed by atoms with E-state index in [1.54, 1.807) is 0 Å². The first-order valence-electron chi connectivity index (χ1n) is 11.1. The van der Waals surface area contributed by atoms with Crippen molar-refractivity contribution in [2.24, 2.45) is 0 Å². The molecule has 7 nitrogen and oxygen atoms in total. The smallest absolute Gasteiger partial charge is 0.223 e. The van der Waals surface area contributed by atoms with Crippen LogP contribution in [-0.2, 0) is 6.42 Å². The van der Waals surface area contributed by atoms with Gasteiger partial charge >= 0.3 is 0 Å². The number of rotatable bonds is 14. The molecule has 0 saturated heterocycles. The van der Waals surface area contributed by atoms with E-state index in [1.165, 1.54) is 38.5 Å². The highest BCUT2D eigenvalue weighted by atomic mass is 16.5. The molecule has 0 radical (unpaired) electrons. The maximum Gasteiger partial charge on any atom is 0.223 e. The summed E-state index contributed by atoms with van der Waals surface area (Å²) in [6.07, 6.45) is 9.78. The molecular formula is C23H37N5O2. The van der Waals surface area contributed by atoms with Crippen LogP contribution in [0.5, 0.6) is 11.5 Å². The van der Waals surface area contributed by atoms with Crippen molar-refractivity contribution < 1.29 is 9.47 Å². The molecular weight excluding hydrogens is 378 g/mol. The molecule has 1 heterocycles. The second-order valence-electron chi connectivity index (χ2n) is 7.64. The molecule has 2 aromatic rings. The van der Waals surface area contributed by atoms with Crippen molar-refractivity contribution in [2.45, 2.75) is 71.6 Å². The molecule has 1 aromatic carbocycles. The van der Waals surface area contributed by atoms with Crippen LogP contribution in [0.25, 0.3) is 0 Å². The Hall–Kier alpha value is -2.70. The topological polar surface area (TPSA) is 122 Å². The van der Waals surface area contributed by atoms with Crippen molar-refractivity contribution in [3.63, 3.8) is 0 Å². The summed E-state index contributed by atoms with van der Waals surface area (Å²) in [5.74, 6) is 2.26. The molecule has 0 amide bonds. The predicted molar refractivity (Wildman–Crippen MR) is 124 cm³/mol. The first kappa shape index (κ1) is 23.6. The minimum absolute atomic E-state index is 0.0778. The van der Waals surface area contributed by atoms with Crippen molar-refractivity contribution >= 4 is 17.6 Å². The minimum Gasteiger partial charge on any atom is -0.493 e. The maximum atomic E-state index is 6.03. The Morgan fingerprint density at radius 1 is 0.700 bits per heavy atom. The zero-order valence-electron chi connectivity index (χ0n) is 18.5. The molecule has 166 valence electrons. The first-order valence-corrected chi connectivity index (χ1v) is 11.1. The van der Waals surface area contributed by atoms with E-state index in [9.17, 15) is 0 Å². The molecule has 2 rings (SSSR count). The summed E-state index contributed by atoms with van der Waals surface area (Å²) in [6, 6.07) is 5.95. The van der Waals surface area contributed by atoms with E-state index < -0.39 is 0 Å². The van der Waals surface area contributed by atoms with Crippen LogP contribution in [0.2, 0.25) is 0 Å². The van der Waals surface area contributed by atoms with Crippen LogP contribution >= 0.6 is 0 Å². The quantitative estimate of drug-likeness (QED) is 0.381. The van der Waals surface area contributed by atoms with E-state index in [0.29, 0.717) is 36.8 Å². The van der Waals surface area contributed by atoms with E-state index in [-0.39, 0.29) is 5.95 Å². The van der Waals surface area contributed by atoms with E-state index >= 15 is 0 Å². The van der Waals surface area contributed by atoms with Crippen LogP contribution in [0.3, 0.4) is 0 Å². The van der Waals surface area contributed by atoms with Gasteiger partial charge in [0.05, 0.1) is 13.2 Å². The normalized spacial score (nSPS) is 10.9. The molecule has 0 unspecified atom stereocenters. The van der Waals surface area contributed by atoms with Crippen LogP contribution in [0.1, 0.15) is 76.3 Å². The molecule has 30 heavy (non-hydrogen) atoms. The van der Waals surface area contributed by atoms with Gasteiger partial charge in [-0.25, -0.2) is 0 Å². The Balaban J connectivity index is 2.12. The second kappa shape index (κ2) is 12.8. The lowest BCUT2D eigenvalue weighted by molar-refractivity contribution is 0.290. The summed E-state index contributed by atoms with van der Waals surface area (Å²) < 4.78 is 12.0. The van der Waals surface area contributed by atoms with Gasteiger partial charge in [-0.3, -0.25) is 0 Å². The van der Waals surface area contributed by atoms with Gasteiger partial charge in [0.1, 0.15) is 23.1 Å². The SMILES string of the molecule is CCCCCCOc1cc(Cc2c(N)nc(N)nc2N)cc(OCCCCCC)c1. The number of aromatic nitrogens is 2. The molecule has 1 aromatic heterocycles. The lowest BCUT2D eigenvalue weighted by atomic mass is 10.1. The highest BCUT2D eigenvalue weighted by Crippen LogP contribution is 2.28. The lowest BCUT2D eigenvalue weighted by Crippen LogP contribution is -2.09. The maximum absolute atomic E-state index is 6.03. The van der Waals surface area contributed by atoms with E-state index in [4.69, 9.17) is 26.7 Å². The molecule has 0 bridgehead atoms. The third-order valence-electron chi connectivity index (χ3n) is 4.94. The van der Waals surface area contributed by atoms with Crippen LogP contribution < -0.4 is 26.7 Å². The second-order valence-corrected chi connectivity index (χ2v) is 7.64. The number of nitrogens with zero attached hydrogens (tertiary/aromatic N) is 2. The summed E-state index contributed by atoms with van der Waals surface area (Å²) >= 11 is 0. The summed E-state index contributed by atoms with van der Waals surface area (Å²) in [5.41, 5.74) is 19.3. The van der Waals surface area contributed by atoms with Crippen molar-refractivity contribution in [1.29, 1.82) is 0 Å². The highest BCUT2D eigenvalue weighted by Gasteiger charge is 2.12. The van der Waals surface area contributed by atoms with Crippen molar-refractivity contribution in [2.75, 3.05) is 30.4 Å². The minimum atomic E-state index is 0.0778. The van der Waals surface area contributed by atoms with Crippen molar-refractivity contribution in [1.82, 2.24) is 9.97 Å². The molecule has 0 saturated carbocycles. The summed E-state index contributed by atoms with van der Waals surface area (Å²) in [4.78, 5) is 8.07. The average Bonchev–Trinajstić information content (AvgIpc) is 2.70. The number of hydrogen-bond acceptors (Lipinski definition) is 7. The Morgan fingerprint density at radius 2 is 1.20 bits per heavy atom. The molecule has 0 spiro atoms. The fourth-order valence-corrected chi connectivity index (χ4v) is 3.26. The Kier molecular flexibility index (Phi) is 10.0. The highest BCUT2D eigenvalue weighted by molar-refractivity contribution is 5.58. The Labute approximate surface area is 180 Å². The predicted octanol–water partition coefficient (Wildman–Crippen LogP) is 4.73. The van der Waals surface area contributed by atoms with Crippen molar-refractivity contribution in [3.05, 3.63) is 29.3 Å². The van der Waals surface area contributed by atoms with E-state index in [0.717, 1.165) is 29.9 Å². The lowest BCUT2D eigenvalue weighted by Gasteiger charge is -2.14. The molecule has 0 aliphatic heterocycles. The summed E-state index contributed by atoms with van der Waals surface area (Å²) in [7, 11) is 0. The van der Waals surface area contributed by atoms with Crippen LogP contribution in [-0.4, -0.2) is 23.2 Å². The summed E-state index contributed by atoms with van der Waals surface area (Å²) in [6.45, 7) is 5.78. The standard InChI is InChI=1S/C23H37N5O2/c1-3-5-7-9-11-29-18-13-17(14-19(16-18)30-12-10-8-6-4-2)15-20-21(24)27-23(26)28-22(20)25/h13-14,16H,3-12,15H2,1-2H3,(H6,24,25,26,27,28). The van der Waals surface area contributed by atoms with Crippen LogP contribution in [0.15, 0.2) is 18.2 Å². The Morgan fingerprint density at radius 3 is 1.67 bits per heavy atom. The largest absolute Gasteiger partial charge is 0.493 e. The van der Waals surface area contributed by atoms with Gasteiger partial charge in [0, 0.05) is 18.1 Å². The molecule has 6 N–H and O–H groups in total. The van der Waals surface area contributed by atoms with Crippen LogP contribution in [0.4, 0.5) is 17.6 Å². The van der Waals surface area contributed by atoms with Gasteiger partial charge in [-0.2, -0.15) is 9.97 Å². The first-order chi connectivity index (χ1) is 14.5. The van der Waals surface area contributed by atoms with Gasteiger partial charge in [0.15, 0.2) is 0 Å². The summed E-state index contributed by atoms with van der Waals surface area (Å²) in [5, 5.41) is 0. The van der Waals surface area contributed by atoms with Gasteiger partial charge in [-0.15, -0.1) is 0 Å². The monoisotopic (exact) mass is 415 g/mol. The number of benzene rings is 1. The average molecular weight is 416 g/mol. The number of nitrogens with two attached hydrogens (primary N) is 3. The van der Waals surface area contributed by atoms with Gasteiger partial charge in [0.25, 0.3) is 0 Å².